The van der Waals surface area contributed by atoms with Crippen LogP contribution in [-0.4, -0.2) is 50.1 Å². The summed E-state index contributed by atoms with van der Waals surface area (Å²) >= 11 is 1.36. The molecule has 2 atom stereocenters. The van der Waals surface area contributed by atoms with Crippen LogP contribution in [0.4, 0.5) is 0 Å². The second kappa shape index (κ2) is 11.8. The van der Waals surface area contributed by atoms with E-state index in [9.17, 15) is 22.8 Å². The minimum atomic E-state index is -3.91. The second-order valence-electron chi connectivity index (χ2n) is 7.58. The summed E-state index contributed by atoms with van der Waals surface area (Å²) in [5, 5.41) is 5.26. The molecule has 0 fully saturated rings. The molecule has 2 aromatic rings. The zero-order valence-electron chi connectivity index (χ0n) is 18.2. The number of Topliss-reactive ketones (excluding diaryl/α,β-unsaturated/α-hetero) is 1. The SMILES string of the molecule is CC(=O)C(Cc1scnc1CCNC=O)NC(=O)C(NS(=O)(=O)c1ccccc1)C(C)C. The topological polar surface area (TPSA) is 134 Å². The number of hydrogen-bond donors (Lipinski definition) is 3. The Balaban J connectivity index is 2.14. The molecule has 0 spiro atoms. The van der Waals surface area contributed by atoms with Gasteiger partial charge in [0.1, 0.15) is 6.04 Å². The molecule has 0 saturated heterocycles. The smallest absolute Gasteiger partial charge is 0.241 e. The summed E-state index contributed by atoms with van der Waals surface area (Å²) < 4.78 is 27.9. The van der Waals surface area contributed by atoms with Crippen LogP contribution in [0.1, 0.15) is 31.3 Å². The molecular formula is C21H28N4O5S2. The van der Waals surface area contributed by atoms with Gasteiger partial charge in [0.15, 0.2) is 5.78 Å². The summed E-state index contributed by atoms with van der Waals surface area (Å²) in [5.74, 6) is -1.18. The van der Waals surface area contributed by atoms with Crippen LogP contribution in [-0.2, 0) is 37.2 Å². The van der Waals surface area contributed by atoms with Gasteiger partial charge < -0.3 is 10.6 Å². The largest absolute Gasteiger partial charge is 0.358 e. The lowest BCUT2D eigenvalue weighted by atomic mass is 10.0. The van der Waals surface area contributed by atoms with Crippen LogP contribution >= 0.6 is 11.3 Å². The molecule has 1 aromatic carbocycles. The maximum absolute atomic E-state index is 13.0. The Kier molecular flexibility index (Phi) is 9.48. The predicted octanol–water partition coefficient (Wildman–Crippen LogP) is 1.05. The van der Waals surface area contributed by atoms with Crippen molar-refractivity contribution in [3.05, 3.63) is 46.4 Å². The van der Waals surface area contributed by atoms with Crippen molar-refractivity contribution in [2.45, 2.75) is 50.6 Å². The molecule has 2 amide bonds. The minimum absolute atomic E-state index is 0.0554. The number of aromatic nitrogens is 1. The first-order valence-electron chi connectivity index (χ1n) is 10.1. The van der Waals surface area contributed by atoms with E-state index in [2.05, 4.69) is 20.3 Å². The average Bonchev–Trinajstić information content (AvgIpc) is 3.19. The number of carbonyl (C=O) groups is 3. The zero-order valence-corrected chi connectivity index (χ0v) is 19.8. The lowest BCUT2D eigenvalue weighted by Gasteiger charge is -2.24. The van der Waals surface area contributed by atoms with E-state index in [-0.39, 0.29) is 23.0 Å². The number of nitrogens with zero attached hydrogens (tertiary/aromatic N) is 1. The summed E-state index contributed by atoms with van der Waals surface area (Å²) in [7, 11) is -3.91. The van der Waals surface area contributed by atoms with E-state index in [1.165, 1.54) is 30.4 Å². The van der Waals surface area contributed by atoms with Crippen molar-refractivity contribution in [2.24, 2.45) is 5.92 Å². The highest BCUT2D eigenvalue weighted by Crippen LogP contribution is 2.17. The summed E-state index contributed by atoms with van der Waals surface area (Å²) in [6.07, 6.45) is 1.34. The Morgan fingerprint density at radius 3 is 2.47 bits per heavy atom. The van der Waals surface area contributed by atoms with Crippen molar-refractivity contribution in [1.29, 1.82) is 0 Å². The fourth-order valence-electron chi connectivity index (χ4n) is 2.98. The quantitative estimate of drug-likeness (QED) is 0.290. The van der Waals surface area contributed by atoms with Crippen molar-refractivity contribution in [1.82, 2.24) is 20.3 Å². The summed E-state index contributed by atoms with van der Waals surface area (Å²) in [4.78, 5) is 40.8. The lowest BCUT2D eigenvalue weighted by Crippen LogP contribution is -2.53. The molecular weight excluding hydrogens is 452 g/mol. The number of hydrogen-bond acceptors (Lipinski definition) is 7. The fraction of sp³-hybridized carbons (Fsp3) is 0.429. The highest BCUT2D eigenvalue weighted by atomic mass is 32.2. The van der Waals surface area contributed by atoms with Crippen LogP contribution in [0.25, 0.3) is 0 Å². The molecule has 0 bridgehead atoms. The van der Waals surface area contributed by atoms with Crippen molar-refractivity contribution in [3.8, 4) is 0 Å². The Labute approximate surface area is 192 Å². The molecule has 0 aliphatic rings. The standard InChI is InChI=1S/C21H28N4O5S2/c1-14(2)20(25-32(29,30)16-7-5-4-6-8-16)21(28)24-18(15(3)27)11-19-17(23-13-31-19)9-10-22-12-26/h4-8,12-14,18,20,25H,9-11H2,1-3H3,(H,22,26)(H,24,28). The van der Waals surface area contributed by atoms with Crippen molar-refractivity contribution >= 4 is 39.5 Å². The summed E-state index contributed by atoms with van der Waals surface area (Å²) in [5.41, 5.74) is 2.39. The first-order valence-corrected chi connectivity index (χ1v) is 12.5. The molecule has 11 heteroatoms. The van der Waals surface area contributed by atoms with E-state index >= 15 is 0 Å². The van der Waals surface area contributed by atoms with E-state index in [1.807, 2.05) is 0 Å². The third kappa shape index (κ3) is 7.21. The van der Waals surface area contributed by atoms with Crippen LogP contribution in [0, 0.1) is 5.92 Å². The Morgan fingerprint density at radius 1 is 1.19 bits per heavy atom. The number of rotatable bonds is 13. The van der Waals surface area contributed by atoms with Gasteiger partial charge in [-0.1, -0.05) is 32.0 Å². The number of sulfonamides is 1. The van der Waals surface area contributed by atoms with Gasteiger partial charge >= 0.3 is 0 Å². The first-order chi connectivity index (χ1) is 15.2. The Hall–Kier alpha value is -2.63. The van der Waals surface area contributed by atoms with Crippen LogP contribution in [0.15, 0.2) is 40.7 Å². The number of amides is 2. The van der Waals surface area contributed by atoms with Crippen molar-refractivity contribution < 1.29 is 22.8 Å². The van der Waals surface area contributed by atoms with E-state index in [0.717, 1.165) is 10.6 Å². The van der Waals surface area contributed by atoms with E-state index < -0.39 is 28.0 Å². The molecule has 0 saturated carbocycles. The van der Waals surface area contributed by atoms with Crippen LogP contribution in [0.3, 0.4) is 0 Å². The van der Waals surface area contributed by atoms with Gasteiger partial charge in [-0.2, -0.15) is 4.72 Å². The zero-order chi connectivity index (χ0) is 23.7. The lowest BCUT2D eigenvalue weighted by molar-refractivity contribution is -0.128. The molecule has 2 unspecified atom stereocenters. The molecule has 2 rings (SSSR count). The number of carbonyl (C=O) groups excluding carboxylic acids is 3. The van der Waals surface area contributed by atoms with Crippen molar-refractivity contribution in [3.63, 3.8) is 0 Å². The Bertz CT molecular complexity index is 1020. The Morgan fingerprint density at radius 2 is 1.88 bits per heavy atom. The maximum atomic E-state index is 13.0. The summed E-state index contributed by atoms with van der Waals surface area (Å²) in [6, 6.07) is 5.90. The first kappa shape index (κ1) is 25.6. The van der Waals surface area contributed by atoms with Gasteiger partial charge in [0.05, 0.1) is 22.1 Å². The van der Waals surface area contributed by atoms with E-state index in [4.69, 9.17) is 0 Å². The average molecular weight is 481 g/mol. The fourth-order valence-corrected chi connectivity index (χ4v) is 5.21. The molecule has 0 radical (unpaired) electrons. The minimum Gasteiger partial charge on any atom is -0.358 e. The second-order valence-corrected chi connectivity index (χ2v) is 10.2. The molecule has 3 N–H and O–H groups in total. The van der Waals surface area contributed by atoms with E-state index in [1.54, 1.807) is 37.6 Å². The van der Waals surface area contributed by atoms with Gasteiger partial charge in [-0.05, 0) is 25.0 Å². The van der Waals surface area contributed by atoms with Crippen LogP contribution in [0.2, 0.25) is 0 Å². The maximum Gasteiger partial charge on any atom is 0.241 e. The third-order valence-electron chi connectivity index (χ3n) is 4.80. The predicted molar refractivity (Wildman–Crippen MR) is 122 cm³/mol. The van der Waals surface area contributed by atoms with Gasteiger partial charge in [-0.3, -0.25) is 14.4 Å². The van der Waals surface area contributed by atoms with Crippen molar-refractivity contribution in [2.75, 3.05) is 6.54 Å². The van der Waals surface area contributed by atoms with Gasteiger partial charge in [0.2, 0.25) is 22.3 Å². The third-order valence-corrected chi connectivity index (χ3v) is 7.15. The summed E-state index contributed by atoms with van der Waals surface area (Å²) in [6.45, 7) is 5.23. The molecule has 174 valence electrons. The number of thiazole rings is 1. The number of nitrogens with one attached hydrogen (secondary N) is 3. The highest BCUT2D eigenvalue weighted by Gasteiger charge is 2.31. The monoisotopic (exact) mass is 480 g/mol. The van der Waals surface area contributed by atoms with Gasteiger partial charge in [0, 0.05) is 24.3 Å². The molecule has 0 aliphatic heterocycles. The molecule has 9 nitrogen and oxygen atoms in total. The number of ketones is 1. The van der Waals surface area contributed by atoms with E-state index in [0.29, 0.717) is 19.4 Å². The molecule has 1 aromatic heterocycles. The highest BCUT2D eigenvalue weighted by molar-refractivity contribution is 7.89. The van der Waals surface area contributed by atoms with Crippen LogP contribution < -0.4 is 15.4 Å². The molecule has 1 heterocycles. The van der Waals surface area contributed by atoms with Gasteiger partial charge in [0.25, 0.3) is 0 Å². The van der Waals surface area contributed by atoms with Gasteiger partial charge in [-0.15, -0.1) is 11.3 Å². The molecule has 0 aliphatic carbocycles. The van der Waals surface area contributed by atoms with Gasteiger partial charge in [-0.25, -0.2) is 13.4 Å². The number of benzene rings is 1. The van der Waals surface area contributed by atoms with Crippen LogP contribution in [0.5, 0.6) is 0 Å². The molecule has 32 heavy (non-hydrogen) atoms. The normalized spacial score (nSPS) is 13.4.